The zero-order valence-corrected chi connectivity index (χ0v) is 15.8. The topological polar surface area (TPSA) is 69.7 Å². The Labute approximate surface area is 156 Å². The highest BCUT2D eigenvalue weighted by Crippen LogP contribution is 2.35. The Balaban J connectivity index is 1.46. The smallest absolute Gasteiger partial charge is 0.325 e. The van der Waals surface area contributed by atoms with Gasteiger partial charge in [0.1, 0.15) is 5.54 Å². The number of hydrogen-bond donors (Lipinski definition) is 1. The van der Waals surface area contributed by atoms with Crippen molar-refractivity contribution in [2.75, 3.05) is 13.6 Å². The lowest BCUT2D eigenvalue weighted by Crippen LogP contribution is -2.44. The molecule has 1 N–H and O–H groups in total. The predicted octanol–water partition coefficient (Wildman–Crippen LogP) is 3.00. The normalized spacial score (nSPS) is 18.9. The van der Waals surface area contributed by atoms with Gasteiger partial charge in [0.25, 0.3) is 5.91 Å². The van der Waals surface area contributed by atoms with Crippen molar-refractivity contribution in [3.05, 3.63) is 21.3 Å². The fraction of sp³-hybridized carbons (Fsp3) is 0.588. The van der Waals surface area contributed by atoms with Crippen LogP contribution in [0.1, 0.15) is 43.4 Å². The molecule has 0 unspecified atom stereocenters. The average Bonchev–Trinajstić information content (AvgIpc) is 3.25. The van der Waals surface area contributed by atoms with Gasteiger partial charge >= 0.3 is 6.03 Å². The fourth-order valence-corrected chi connectivity index (χ4v) is 4.68. The minimum atomic E-state index is -0.670. The van der Waals surface area contributed by atoms with Crippen LogP contribution in [0.4, 0.5) is 4.79 Å². The van der Waals surface area contributed by atoms with Crippen LogP contribution < -0.4 is 5.32 Å². The van der Waals surface area contributed by atoms with Crippen molar-refractivity contribution in [1.29, 1.82) is 0 Å². The molecule has 1 spiro atoms. The van der Waals surface area contributed by atoms with E-state index in [0.717, 1.165) is 30.6 Å². The number of rotatable bonds is 6. The summed E-state index contributed by atoms with van der Waals surface area (Å²) in [5, 5.41) is 2.86. The standard InChI is InChI=1S/C17H22ClN3O3S/c1-20(11-12-6-7-13(18)25-12)14(22)5-4-10-21-15(23)17(19-16(21)24)8-2-3-9-17/h6-7H,2-5,8-11H2,1H3,(H,19,24). The second-order valence-corrected chi connectivity index (χ2v) is 8.53. The van der Waals surface area contributed by atoms with E-state index in [1.807, 2.05) is 12.1 Å². The molecule has 0 aromatic carbocycles. The van der Waals surface area contributed by atoms with Gasteiger partial charge in [0.05, 0.1) is 10.9 Å². The highest BCUT2D eigenvalue weighted by Gasteiger charge is 2.52. The van der Waals surface area contributed by atoms with E-state index in [1.54, 1.807) is 11.9 Å². The molecule has 1 aliphatic carbocycles. The molecular formula is C17H22ClN3O3S. The highest BCUT2D eigenvalue weighted by molar-refractivity contribution is 7.16. The molecule has 1 aromatic rings. The van der Waals surface area contributed by atoms with Crippen molar-refractivity contribution in [2.24, 2.45) is 0 Å². The maximum absolute atomic E-state index is 12.5. The number of carbonyl (C=O) groups is 3. The number of carbonyl (C=O) groups excluding carboxylic acids is 3. The van der Waals surface area contributed by atoms with Gasteiger partial charge in [-0.25, -0.2) is 4.79 Å². The van der Waals surface area contributed by atoms with Gasteiger partial charge in [-0.1, -0.05) is 24.4 Å². The summed E-state index contributed by atoms with van der Waals surface area (Å²) in [7, 11) is 1.75. The zero-order chi connectivity index (χ0) is 18.0. The summed E-state index contributed by atoms with van der Waals surface area (Å²) < 4.78 is 0.704. The summed E-state index contributed by atoms with van der Waals surface area (Å²) in [5.74, 6) is -0.129. The number of halogens is 1. The van der Waals surface area contributed by atoms with E-state index in [9.17, 15) is 14.4 Å². The minimum Gasteiger partial charge on any atom is -0.341 e. The molecule has 2 fully saturated rings. The maximum Gasteiger partial charge on any atom is 0.325 e. The van der Waals surface area contributed by atoms with Crippen molar-refractivity contribution in [2.45, 2.75) is 50.6 Å². The summed E-state index contributed by atoms with van der Waals surface area (Å²) in [6.45, 7) is 0.805. The minimum absolute atomic E-state index is 0.00726. The Morgan fingerprint density at radius 3 is 2.72 bits per heavy atom. The molecule has 1 aliphatic heterocycles. The van der Waals surface area contributed by atoms with Crippen LogP contribution in [0.5, 0.6) is 0 Å². The van der Waals surface area contributed by atoms with Crippen LogP contribution in [0.3, 0.4) is 0 Å². The van der Waals surface area contributed by atoms with Gasteiger partial charge < -0.3 is 10.2 Å². The molecule has 2 heterocycles. The number of nitrogens with one attached hydrogen (secondary N) is 1. The third-order valence-electron chi connectivity index (χ3n) is 4.92. The van der Waals surface area contributed by atoms with E-state index in [4.69, 9.17) is 11.6 Å². The van der Waals surface area contributed by atoms with Crippen LogP contribution >= 0.6 is 22.9 Å². The van der Waals surface area contributed by atoms with Gasteiger partial charge in [-0.2, -0.15) is 0 Å². The molecule has 6 nitrogen and oxygen atoms in total. The van der Waals surface area contributed by atoms with E-state index in [1.165, 1.54) is 16.2 Å². The molecule has 0 atom stereocenters. The van der Waals surface area contributed by atoms with Crippen LogP contribution in [0, 0.1) is 0 Å². The Hall–Kier alpha value is -1.60. The van der Waals surface area contributed by atoms with Gasteiger partial charge in [0, 0.05) is 24.9 Å². The third kappa shape index (κ3) is 3.82. The first kappa shape index (κ1) is 18.2. The van der Waals surface area contributed by atoms with Crippen LogP contribution in [-0.4, -0.2) is 46.8 Å². The predicted molar refractivity (Wildman–Crippen MR) is 96.5 cm³/mol. The number of urea groups is 1. The highest BCUT2D eigenvalue weighted by atomic mass is 35.5. The molecule has 0 radical (unpaired) electrons. The maximum atomic E-state index is 12.5. The molecule has 1 saturated heterocycles. The van der Waals surface area contributed by atoms with Crippen molar-refractivity contribution < 1.29 is 14.4 Å². The Bertz CT molecular complexity index is 684. The van der Waals surface area contributed by atoms with Gasteiger partial charge in [-0.3, -0.25) is 14.5 Å². The van der Waals surface area contributed by atoms with Gasteiger partial charge in [0.15, 0.2) is 0 Å². The van der Waals surface area contributed by atoms with Crippen molar-refractivity contribution in [3.8, 4) is 0 Å². The second-order valence-electron chi connectivity index (χ2n) is 6.74. The van der Waals surface area contributed by atoms with Crippen LogP contribution in [0.25, 0.3) is 0 Å². The summed E-state index contributed by atoms with van der Waals surface area (Å²) in [6, 6.07) is 3.41. The lowest BCUT2D eigenvalue weighted by molar-refractivity contribution is -0.133. The first-order valence-corrected chi connectivity index (χ1v) is 9.73. The SMILES string of the molecule is CN(Cc1ccc(Cl)s1)C(=O)CCCN1C(=O)NC2(CCCC2)C1=O. The van der Waals surface area contributed by atoms with E-state index in [0.29, 0.717) is 23.7 Å². The van der Waals surface area contributed by atoms with Crippen molar-refractivity contribution >= 4 is 40.8 Å². The Morgan fingerprint density at radius 1 is 1.36 bits per heavy atom. The number of imide groups is 1. The summed E-state index contributed by atoms with van der Waals surface area (Å²) in [6.07, 6.45) is 4.16. The first-order valence-electron chi connectivity index (χ1n) is 8.53. The number of nitrogens with zero attached hydrogens (tertiary/aromatic N) is 2. The van der Waals surface area contributed by atoms with E-state index in [2.05, 4.69) is 5.32 Å². The Morgan fingerprint density at radius 2 is 2.08 bits per heavy atom. The van der Waals surface area contributed by atoms with Gasteiger partial charge in [-0.05, 0) is 31.4 Å². The average molecular weight is 384 g/mol. The summed E-state index contributed by atoms with van der Waals surface area (Å²) in [5.41, 5.74) is -0.670. The van der Waals surface area contributed by atoms with Gasteiger partial charge in [-0.15, -0.1) is 11.3 Å². The fourth-order valence-electron chi connectivity index (χ4n) is 3.53. The number of amides is 4. The molecule has 1 saturated carbocycles. The van der Waals surface area contributed by atoms with Crippen LogP contribution in [-0.2, 0) is 16.1 Å². The molecule has 0 bridgehead atoms. The van der Waals surface area contributed by atoms with E-state index >= 15 is 0 Å². The van der Waals surface area contributed by atoms with Crippen molar-refractivity contribution in [3.63, 3.8) is 0 Å². The largest absolute Gasteiger partial charge is 0.341 e. The molecule has 4 amide bonds. The molecule has 2 aliphatic rings. The molecule has 3 rings (SSSR count). The van der Waals surface area contributed by atoms with Crippen molar-refractivity contribution in [1.82, 2.24) is 15.1 Å². The Kier molecular flexibility index (Phi) is 5.34. The summed E-state index contributed by atoms with van der Waals surface area (Å²) in [4.78, 5) is 40.8. The van der Waals surface area contributed by atoms with Crippen LogP contribution in [0.2, 0.25) is 4.34 Å². The second kappa shape index (κ2) is 7.33. The quantitative estimate of drug-likeness (QED) is 0.767. The first-order chi connectivity index (χ1) is 11.9. The molecular weight excluding hydrogens is 362 g/mol. The third-order valence-corrected chi connectivity index (χ3v) is 6.14. The number of hydrogen-bond acceptors (Lipinski definition) is 4. The lowest BCUT2D eigenvalue weighted by Gasteiger charge is -2.20. The zero-order valence-electron chi connectivity index (χ0n) is 14.2. The monoisotopic (exact) mass is 383 g/mol. The molecule has 25 heavy (non-hydrogen) atoms. The van der Waals surface area contributed by atoms with E-state index in [-0.39, 0.29) is 24.4 Å². The summed E-state index contributed by atoms with van der Waals surface area (Å²) >= 11 is 7.35. The molecule has 8 heteroatoms. The van der Waals surface area contributed by atoms with E-state index < -0.39 is 5.54 Å². The van der Waals surface area contributed by atoms with Crippen LogP contribution in [0.15, 0.2) is 12.1 Å². The molecule has 1 aromatic heterocycles. The lowest BCUT2D eigenvalue weighted by atomic mass is 9.98. The number of thiophene rings is 1. The molecule has 136 valence electrons. The van der Waals surface area contributed by atoms with Gasteiger partial charge in [0.2, 0.25) is 5.91 Å².